The standard InChI is InChI=1S/C23H32N4O3/c28-21(15-20-22(29)27(23(30)25-20)18-10-3-1-4-11-18)24-19-12-6-5-9-17(19)16-26-13-7-2-8-14-26/h5-6,9,12,18,20H,1-4,7-8,10-11,13-16H2,(H,24,28)(H,25,30). The quantitative estimate of drug-likeness (QED) is 0.703. The van der Waals surface area contributed by atoms with E-state index in [1.165, 1.54) is 24.2 Å². The molecule has 1 aliphatic carbocycles. The van der Waals surface area contributed by atoms with Gasteiger partial charge < -0.3 is 10.6 Å². The fourth-order valence-electron chi connectivity index (χ4n) is 4.90. The van der Waals surface area contributed by atoms with Gasteiger partial charge in [-0.05, 0) is 50.4 Å². The van der Waals surface area contributed by atoms with E-state index in [0.717, 1.165) is 63.0 Å². The molecular formula is C23H32N4O3. The lowest BCUT2D eigenvalue weighted by atomic mass is 9.94. The molecule has 1 aromatic carbocycles. The number of imide groups is 1. The number of hydrogen-bond acceptors (Lipinski definition) is 4. The lowest BCUT2D eigenvalue weighted by Crippen LogP contribution is -2.42. The van der Waals surface area contributed by atoms with E-state index >= 15 is 0 Å². The maximum atomic E-state index is 12.8. The molecule has 4 rings (SSSR count). The van der Waals surface area contributed by atoms with Gasteiger partial charge in [-0.2, -0.15) is 0 Å². The van der Waals surface area contributed by atoms with Crippen LogP contribution in [0.2, 0.25) is 0 Å². The minimum atomic E-state index is -0.770. The van der Waals surface area contributed by atoms with E-state index in [-0.39, 0.29) is 30.3 Å². The molecule has 162 valence electrons. The van der Waals surface area contributed by atoms with Crippen LogP contribution in [0, 0.1) is 0 Å². The molecule has 1 saturated carbocycles. The van der Waals surface area contributed by atoms with E-state index in [1.807, 2.05) is 24.3 Å². The van der Waals surface area contributed by atoms with Crippen LogP contribution in [0.1, 0.15) is 63.4 Å². The van der Waals surface area contributed by atoms with E-state index in [2.05, 4.69) is 15.5 Å². The molecular weight excluding hydrogens is 380 g/mol. The molecule has 2 heterocycles. The van der Waals surface area contributed by atoms with Gasteiger partial charge in [0.25, 0.3) is 5.91 Å². The zero-order valence-electron chi connectivity index (χ0n) is 17.6. The van der Waals surface area contributed by atoms with Gasteiger partial charge >= 0.3 is 6.03 Å². The molecule has 0 aromatic heterocycles. The summed E-state index contributed by atoms with van der Waals surface area (Å²) in [6.07, 6.45) is 8.65. The third-order valence-corrected chi connectivity index (χ3v) is 6.52. The van der Waals surface area contributed by atoms with E-state index in [4.69, 9.17) is 0 Å². The number of rotatable bonds is 6. The Hall–Kier alpha value is -2.41. The number of nitrogens with one attached hydrogen (secondary N) is 2. The molecule has 3 aliphatic rings. The third-order valence-electron chi connectivity index (χ3n) is 6.52. The predicted octanol–water partition coefficient (Wildman–Crippen LogP) is 3.25. The van der Waals surface area contributed by atoms with Crippen LogP contribution in [0.4, 0.5) is 10.5 Å². The number of carbonyl (C=O) groups excluding carboxylic acids is 3. The van der Waals surface area contributed by atoms with Gasteiger partial charge in [0, 0.05) is 18.3 Å². The molecule has 7 nitrogen and oxygen atoms in total. The highest BCUT2D eigenvalue weighted by molar-refractivity contribution is 6.07. The molecule has 1 atom stereocenters. The van der Waals surface area contributed by atoms with Crippen LogP contribution in [-0.4, -0.2) is 52.8 Å². The lowest BCUT2D eigenvalue weighted by Gasteiger charge is -2.28. The Labute approximate surface area is 178 Å². The Morgan fingerprint density at radius 3 is 2.47 bits per heavy atom. The summed E-state index contributed by atoms with van der Waals surface area (Å²) in [5.41, 5.74) is 1.87. The van der Waals surface area contributed by atoms with E-state index in [0.29, 0.717) is 0 Å². The van der Waals surface area contributed by atoms with Gasteiger partial charge in [0.1, 0.15) is 6.04 Å². The van der Waals surface area contributed by atoms with Crippen LogP contribution in [0.25, 0.3) is 0 Å². The Balaban J connectivity index is 1.36. The second-order valence-electron chi connectivity index (χ2n) is 8.75. The van der Waals surface area contributed by atoms with E-state index in [1.54, 1.807) is 0 Å². The first-order chi connectivity index (χ1) is 14.6. The molecule has 4 amide bonds. The average molecular weight is 413 g/mol. The van der Waals surface area contributed by atoms with Crippen LogP contribution in [0.5, 0.6) is 0 Å². The number of carbonyl (C=O) groups is 3. The van der Waals surface area contributed by atoms with Crippen molar-refractivity contribution in [1.82, 2.24) is 15.1 Å². The number of nitrogens with zero attached hydrogens (tertiary/aromatic N) is 2. The Morgan fingerprint density at radius 1 is 1.00 bits per heavy atom. The van der Waals surface area contributed by atoms with Crippen molar-refractivity contribution in [3.63, 3.8) is 0 Å². The SMILES string of the molecule is O=C(CC1NC(=O)N(C2CCCCC2)C1=O)Nc1ccccc1CN1CCCCC1. The van der Waals surface area contributed by atoms with Crippen LogP contribution < -0.4 is 10.6 Å². The summed E-state index contributed by atoms with van der Waals surface area (Å²) >= 11 is 0. The topological polar surface area (TPSA) is 81.8 Å². The number of likely N-dealkylation sites (tertiary alicyclic amines) is 1. The highest BCUT2D eigenvalue weighted by Crippen LogP contribution is 2.26. The third kappa shape index (κ3) is 4.83. The van der Waals surface area contributed by atoms with Gasteiger partial charge in [-0.25, -0.2) is 4.79 Å². The van der Waals surface area contributed by atoms with Gasteiger partial charge in [-0.1, -0.05) is 43.9 Å². The van der Waals surface area contributed by atoms with Crippen molar-refractivity contribution in [2.45, 2.75) is 76.4 Å². The zero-order valence-corrected chi connectivity index (χ0v) is 17.6. The van der Waals surface area contributed by atoms with Crippen molar-refractivity contribution in [2.24, 2.45) is 0 Å². The van der Waals surface area contributed by atoms with Crippen molar-refractivity contribution in [2.75, 3.05) is 18.4 Å². The number of para-hydroxylation sites is 1. The Kier molecular flexibility index (Phi) is 6.67. The first-order valence-electron chi connectivity index (χ1n) is 11.4. The fourth-order valence-corrected chi connectivity index (χ4v) is 4.90. The first kappa shape index (κ1) is 20.8. The summed E-state index contributed by atoms with van der Waals surface area (Å²) in [6.45, 7) is 2.98. The number of urea groups is 1. The maximum absolute atomic E-state index is 12.8. The first-order valence-corrected chi connectivity index (χ1v) is 11.4. The fraction of sp³-hybridized carbons (Fsp3) is 0.609. The second-order valence-corrected chi connectivity index (χ2v) is 8.75. The van der Waals surface area contributed by atoms with Crippen molar-refractivity contribution < 1.29 is 14.4 Å². The molecule has 1 unspecified atom stereocenters. The van der Waals surface area contributed by atoms with E-state index < -0.39 is 6.04 Å². The molecule has 0 radical (unpaired) electrons. The number of piperidine rings is 1. The zero-order chi connectivity index (χ0) is 20.9. The summed E-state index contributed by atoms with van der Waals surface area (Å²) < 4.78 is 0. The summed E-state index contributed by atoms with van der Waals surface area (Å²) in [5, 5.41) is 5.69. The van der Waals surface area contributed by atoms with Crippen LogP contribution in [0.3, 0.4) is 0 Å². The molecule has 2 saturated heterocycles. The highest BCUT2D eigenvalue weighted by Gasteiger charge is 2.42. The minimum absolute atomic E-state index is 0.0235. The molecule has 2 N–H and O–H groups in total. The normalized spacial score (nSPS) is 23.5. The summed E-state index contributed by atoms with van der Waals surface area (Å²) in [7, 11) is 0. The van der Waals surface area contributed by atoms with Crippen LogP contribution in [0.15, 0.2) is 24.3 Å². The molecule has 0 bridgehead atoms. The molecule has 1 aromatic rings. The average Bonchev–Trinajstić information content (AvgIpc) is 3.03. The van der Waals surface area contributed by atoms with Gasteiger partial charge in [-0.3, -0.25) is 19.4 Å². The molecule has 3 fully saturated rings. The second kappa shape index (κ2) is 9.60. The van der Waals surface area contributed by atoms with Crippen molar-refractivity contribution >= 4 is 23.5 Å². The van der Waals surface area contributed by atoms with Crippen molar-refractivity contribution in [3.05, 3.63) is 29.8 Å². The van der Waals surface area contributed by atoms with Crippen LogP contribution in [-0.2, 0) is 16.1 Å². The largest absolute Gasteiger partial charge is 0.326 e. The lowest BCUT2D eigenvalue weighted by molar-refractivity contribution is -0.131. The number of benzene rings is 1. The van der Waals surface area contributed by atoms with Gasteiger partial charge in [-0.15, -0.1) is 0 Å². The summed E-state index contributed by atoms with van der Waals surface area (Å²) in [5.74, 6) is -0.506. The Morgan fingerprint density at radius 2 is 1.70 bits per heavy atom. The predicted molar refractivity (Wildman–Crippen MR) is 115 cm³/mol. The molecule has 7 heteroatoms. The minimum Gasteiger partial charge on any atom is -0.326 e. The van der Waals surface area contributed by atoms with E-state index in [9.17, 15) is 14.4 Å². The number of anilines is 1. The molecule has 30 heavy (non-hydrogen) atoms. The Bertz CT molecular complexity index is 784. The number of amides is 4. The van der Waals surface area contributed by atoms with Gasteiger partial charge in [0.2, 0.25) is 5.91 Å². The maximum Gasteiger partial charge on any atom is 0.325 e. The van der Waals surface area contributed by atoms with Crippen LogP contribution >= 0.6 is 0 Å². The highest BCUT2D eigenvalue weighted by atomic mass is 16.2. The van der Waals surface area contributed by atoms with Gasteiger partial charge in [0.15, 0.2) is 0 Å². The molecule has 0 spiro atoms. The van der Waals surface area contributed by atoms with Crippen molar-refractivity contribution in [3.8, 4) is 0 Å². The van der Waals surface area contributed by atoms with Crippen molar-refractivity contribution in [1.29, 1.82) is 0 Å². The molecule has 2 aliphatic heterocycles. The summed E-state index contributed by atoms with van der Waals surface area (Å²) in [6, 6.07) is 6.69. The van der Waals surface area contributed by atoms with Gasteiger partial charge in [0.05, 0.1) is 6.42 Å². The summed E-state index contributed by atoms with van der Waals surface area (Å²) in [4.78, 5) is 41.6. The monoisotopic (exact) mass is 412 g/mol. The smallest absolute Gasteiger partial charge is 0.325 e. The number of hydrogen-bond donors (Lipinski definition) is 2.